The third-order valence-corrected chi connectivity index (χ3v) is 1.86. The highest BCUT2D eigenvalue weighted by molar-refractivity contribution is 5.80. The second-order valence-electron chi connectivity index (χ2n) is 2.70. The van der Waals surface area contributed by atoms with E-state index in [0.29, 0.717) is 11.1 Å². The summed E-state index contributed by atoms with van der Waals surface area (Å²) in [6.45, 7) is 1.50. The van der Waals surface area contributed by atoms with Gasteiger partial charge in [0.15, 0.2) is 5.58 Å². The molecule has 3 heteroatoms. The zero-order valence-corrected chi connectivity index (χ0v) is 6.62. The third-order valence-electron chi connectivity index (χ3n) is 1.86. The molecule has 0 amide bonds. The van der Waals surface area contributed by atoms with Crippen molar-refractivity contribution in [3.63, 3.8) is 0 Å². The van der Waals surface area contributed by atoms with Gasteiger partial charge < -0.3 is 4.52 Å². The molecule has 12 heavy (non-hydrogen) atoms. The summed E-state index contributed by atoms with van der Waals surface area (Å²) in [4.78, 5) is 0. The molecule has 0 spiro atoms. The largest absolute Gasteiger partial charge is 0.356 e. The average molecular weight is 165 g/mol. The third kappa shape index (κ3) is 0.978. The van der Waals surface area contributed by atoms with Crippen molar-refractivity contribution in [3.8, 4) is 0 Å². The van der Waals surface area contributed by atoms with Gasteiger partial charge in [0, 0.05) is 5.39 Å². The fourth-order valence-electron chi connectivity index (χ4n) is 1.26. The van der Waals surface area contributed by atoms with Crippen LogP contribution >= 0.6 is 0 Å². The number of rotatable bonds is 1. The lowest BCUT2D eigenvalue weighted by molar-refractivity contribution is 0.376. The average Bonchev–Trinajstić information content (AvgIpc) is 2.49. The quantitative estimate of drug-likeness (QED) is 0.649. The predicted octanol–water partition coefficient (Wildman–Crippen LogP) is 2.86. The fourth-order valence-corrected chi connectivity index (χ4v) is 1.26. The van der Waals surface area contributed by atoms with Crippen LogP contribution in [-0.4, -0.2) is 5.16 Å². The van der Waals surface area contributed by atoms with E-state index in [9.17, 15) is 4.39 Å². The lowest BCUT2D eigenvalue weighted by Gasteiger charge is -2.00. The first-order chi connectivity index (χ1) is 5.79. The van der Waals surface area contributed by atoms with E-state index in [1.807, 2.05) is 0 Å². The topological polar surface area (TPSA) is 26.0 Å². The summed E-state index contributed by atoms with van der Waals surface area (Å²) in [5.41, 5.74) is 1.27. The minimum absolute atomic E-state index is 0.633. The molecule has 2 aromatic rings. The number of hydrogen-bond acceptors (Lipinski definition) is 2. The number of fused-ring (bicyclic) bond motifs is 1. The van der Waals surface area contributed by atoms with E-state index in [4.69, 9.17) is 4.52 Å². The van der Waals surface area contributed by atoms with Gasteiger partial charge in [-0.3, -0.25) is 0 Å². The molecule has 0 aliphatic heterocycles. The van der Waals surface area contributed by atoms with Crippen LogP contribution in [0.5, 0.6) is 0 Å². The van der Waals surface area contributed by atoms with Gasteiger partial charge in [-0.2, -0.15) is 0 Å². The molecule has 1 heterocycles. The van der Waals surface area contributed by atoms with E-state index in [1.165, 1.54) is 6.92 Å². The SMILES string of the molecule is CC(F)c1cccc2oncc12. The highest BCUT2D eigenvalue weighted by atomic mass is 19.1. The first-order valence-electron chi connectivity index (χ1n) is 3.76. The molecule has 0 N–H and O–H groups in total. The lowest BCUT2D eigenvalue weighted by Crippen LogP contribution is -1.84. The number of aromatic nitrogens is 1. The Hall–Kier alpha value is -1.38. The van der Waals surface area contributed by atoms with Crippen molar-refractivity contribution in [2.45, 2.75) is 13.1 Å². The Bertz CT molecular complexity index is 394. The molecule has 1 aromatic heterocycles. The molecule has 0 fully saturated rings. The van der Waals surface area contributed by atoms with E-state index in [0.717, 1.165) is 5.39 Å². The Morgan fingerprint density at radius 1 is 1.50 bits per heavy atom. The number of hydrogen-bond donors (Lipinski definition) is 0. The van der Waals surface area contributed by atoms with Crippen LogP contribution in [0.15, 0.2) is 28.9 Å². The van der Waals surface area contributed by atoms with Crippen molar-refractivity contribution in [2.24, 2.45) is 0 Å². The van der Waals surface area contributed by atoms with E-state index in [-0.39, 0.29) is 0 Å². The summed E-state index contributed by atoms with van der Waals surface area (Å²) in [7, 11) is 0. The minimum atomic E-state index is -0.979. The fraction of sp³-hybridized carbons (Fsp3) is 0.222. The molecule has 1 aromatic carbocycles. The van der Waals surface area contributed by atoms with Crippen molar-refractivity contribution in [2.75, 3.05) is 0 Å². The van der Waals surface area contributed by atoms with Crippen LogP contribution in [0.1, 0.15) is 18.7 Å². The van der Waals surface area contributed by atoms with Crippen LogP contribution in [0.25, 0.3) is 11.0 Å². The summed E-state index contributed by atoms with van der Waals surface area (Å²) < 4.78 is 17.9. The first-order valence-corrected chi connectivity index (χ1v) is 3.76. The Balaban J connectivity index is 2.73. The maximum absolute atomic E-state index is 13.0. The maximum Gasteiger partial charge on any atom is 0.167 e. The van der Waals surface area contributed by atoms with Gasteiger partial charge in [-0.1, -0.05) is 17.3 Å². The van der Waals surface area contributed by atoms with Crippen LogP contribution in [0.3, 0.4) is 0 Å². The summed E-state index contributed by atoms with van der Waals surface area (Å²) >= 11 is 0. The molecule has 2 rings (SSSR count). The number of benzene rings is 1. The molecule has 1 atom stereocenters. The molecule has 2 nitrogen and oxygen atoms in total. The number of nitrogens with zero attached hydrogens (tertiary/aromatic N) is 1. The molecular formula is C9H8FNO. The molecule has 0 saturated heterocycles. The Labute approximate surface area is 69.0 Å². The Kier molecular flexibility index (Phi) is 1.57. The standard InChI is InChI=1S/C9H8FNO/c1-6(10)7-3-2-4-9-8(7)5-11-12-9/h2-6H,1H3. The highest BCUT2D eigenvalue weighted by Gasteiger charge is 2.09. The van der Waals surface area contributed by atoms with Gasteiger partial charge >= 0.3 is 0 Å². The molecule has 0 radical (unpaired) electrons. The van der Waals surface area contributed by atoms with E-state index in [1.54, 1.807) is 24.4 Å². The highest BCUT2D eigenvalue weighted by Crippen LogP contribution is 2.25. The molecule has 62 valence electrons. The number of halogens is 1. The normalized spacial score (nSPS) is 13.5. The first kappa shape index (κ1) is 7.28. The van der Waals surface area contributed by atoms with E-state index in [2.05, 4.69) is 5.16 Å². The van der Waals surface area contributed by atoms with Gasteiger partial charge in [-0.15, -0.1) is 0 Å². The van der Waals surface area contributed by atoms with E-state index < -0.39 is 6.17 Å². The van der Waals surface area contributed by atoms with Gasteiger partial charge in [-0.05, 0) is 18.6 Å². The zero-order chi connectivity index (χ0) is 8.55. The van der Waals surface area contributed by atoms with E-state index >= 15 is 0 Å². The van der Waals surface area contributed by atoms with Gasteiger partial charge in [0.1, 0.15) is 6.17 Å². The van der Waals surface area contributed by atoms with Crippen molar-refractivity contribution in [1.82, 2.24) is 5.16 Å². The molecule has 0 saturated carbocycles. The molecule has 1 unspecified atom stereocenters. The smallest absolute Gasteiger partial charge is 0.167 e. The van der Waals surface area contributed by atoms with Crippen molar-refractivity contribution in [3.05, 3.63) is 30.0 Å². The van der Waals surface area contributed by atoms with Gasteiger partial charge in [0.25, 0.3) is 0 Å². The Morgan fingerprint density at radius 2 is 2.33 bits per heavy atom. The summed E-state index contributed by atoms with van der Waals surface area (Å²) in [5.74, 6) is 0. The van der Waals surface area contributed by atoms with Crippen LogP contribution in [0, 0.1) is 0 Å². The lowest BCUT2D eigenvalue weighted by atomic mass is 10.1. The van der Waals surface area contributed by atoms with Crippen molar-refractivity contribution >= 4 is 11.0 Å². The van der Waals surface area contributed by atoms with Crippen LogP contribution < -0.4 is 0 Å². The van der Waals surface area contributed by atoms with Crippen LogP contribution in [-0.2, 0) is 0 Å². The molecular weight excluding hydrogens is 157 g/mol. The summed E-state index contributed by atoms with van der Waals surface area (Å²) in [6, 6.07) is 5.28. The van der Waals surface area contributed by atoms with Crippen LogP contribution in [0.4, 0.5) is 4.39 Å². The Morgan fingerprint density at radius 3 is 3.08 bits per heavy atom. The molecule has 0 aliphatic carbocycles. The van der Waals surface area contributed by atoms with Gasteiger partial charge in [0.05, 0.1) is 6.20 Å². The molecule has 0 aliphatic rings. The second-order valence-corrected chi connectivity index (χ2v) is 2.70. The minimum Gasteiger partial charge on any atom is -0.356 e. The second kappa shape index (κ2) is 2.59. The predicted molar refractivity (Wildman–Crippen MR) is 43.5 cm³/mol. The summed E-state index contributed by atoms with van der Waals surface area (Å²) in [6.07, 6.45) is 0.564. The number of alkyl halides is 1. The van der Waals surface area contributed by atoms with Crippen molar-refractivity contribution < 1.29 is 8.91 Å². The van der Waals surface area contributed by atoms with Gasteiger partial charge in [0.2, 0.25) is 0 Å². The monoisotopic (exact) mass is 165 g/mol. The summed E-state index contributed by atoms with van der Waals surface area (Å²) in [5, 5.41) is 4.36. The molecule has 0 bridgehead atoms. The van der Waals surface area contributed by atoms with Crippen LogP contribution in [0.2, 0.25) is 0 Å². The van der Waals surface area contributed by atoms with Gasteiger partial charge in [-0.25, -0.2) is 4.39 Å². The zero-order valence-electron chi connectivity index (χ0n) is 6.62. The van der Waals surface area contributed by atoms with Crippen molar-refractivity contribution in [1.29, 1.82) is 0 Å². The maximum atomic E-state index is 13.0.